The number of aromatic amines is 1. The zero-order chi connectivity index (χ0) is 22.8. The lowest BCUT2D eigenvalue weighted by atomic mass is 10.1. The lowest BCUT2D eigenvalue weighted by molar-refractivity contribution is -0.137. The molecule has 1 unspecified atom stereocenters. The van der Waals surface area contributed by atoms with Crippen molar-refractivity contribution < 1.29 is 31.1 Å². The van der Waals surface area contributed by atoms with Crippen molar-refractivity contribution >= 4 is 26.6 Å². The van der Waals surface area contributed by atoms with Gasteiger partial charge >= 0.3 is 6.18 Å². The maximum atomic E-state index is 12.6. The molecule has 172 valence electrons. The Balaban J connectivity index is 1.39. The monoisotopic (exact) mass is 468 g/mol. The van der Waals surface area contributed by atoms with Crippen molar-refractivity contribution in [3.05, 3.63) is 59.8 Å². The number of sulfonamides is 1. The fourth-order valence-corrected chi connectivity index (χ4v) is 5.00. The second-order valence-corrected chi connectivity index (χ2v) is 9.49. The van der Waals surface area contributed by atoms with Gasteiger partial charge in [0.2, 0.25) is 10.0 Å². The molecule has 6 nitrogen and oxygen atoms in total. The van der Waals surface area contributed by atoms with Gasteiger partial charge in [-0.2, -0.15) is 13.2 Å². The smallest absolute Gasteiger partial charge is 0.416 e. The van der Waals surface area contributed by atoms with Crippen LogP contribution in [0.1, 0.15) is 24.0 Å². The van der Waals surface area contributed by atoms with Gasteiger partial charge in [0.25, 0.3) is 0 Å². The average Bonchev–Trinajstić information content (AvgIpc) is 3.37. The maximum absolute atomic E-state index is 12.6. The number of aromatic nitrogens is 1. The molecule has 0 amide bonds. The predicted molar refractivity (Wildman–Crippen MR) is 115 cm³/mol. The zero-order valence-corrected chi connectivity index (χ0v) is 17.9. The Labute approximate surface area is 183 Å². The van der Waals surface area contributed by atoms with E-state index in [4.69, 9.17) is 9.47 Å². The molecular weight excluding hydrogens is 445 g/mol. The molecule has 2 aromatic carbocycles. The predicted octanol–water partition coefficient (Wildman–Crippen LogP) is 4.73. The van der Waals surface area contributed by atoms with Crippen LogP contribution in [-0.4, -0.2) is 38.5 Å². The molecule has 2 N–H and O–H groups in total. The van der Waals surface area contributed by atoms with E-state index < -0.39 is 21.8 Å². The van der Waals surface area contributed by atoms with Crippen molar-refractivity contribution in [1.29, 1.82) is 0 Å². The highest BCUT2D eigenvalue weighted by Gasteiger charge is 2.30. The average molecular weight is 468 g/mol. The molecule has 0 bridgehead atoms. The van der Waals surface area contributed by atoms with E-state index in [0.29, 0.717) is 24.5 Å². The number of alkyl halides is 3. The number of H-pyrrole nitrogens is 1. The van der Waals surface area contributed by atoms with Gasteiger partial charge in [-0.25, -0.2) is 8.42 Å². The van der Waals surface area contributed by atoms with Gasteiger partial charge in [-0.05, 0) is 54.8 Å². The highest BCUT2D eigenvalue weighted by atomic mass is 32.2. The van der Waals surface area contributed by atoms with Gasteiger partial charge in [0, 0.05) is 30.1 Å². The summed E-state index contributed by atoms with van der Waals surface area (Å²) < 4.78 is 76.5. The van der Waals surface area contributed by atoms with Crippen molar-refractivity contribution in [1.82, 2.24) is 4.98 Å². The third kappa shape index (κ3) is 5.55. The number of anilines is 1. The van der Waals surface area contributed by atoms with Crippen LogP contribution in [0.15, 0.2) is 48.7 Å². The summed E-state index contributed by atoms with van der Waals surface area (Å²) in [7, 11) is -3.56. The summed E-state index contributed by atoms with van der Waals surface area (Å²) in [6.07, 6.45) is -0.947. The number of hydrogen-bond donors (Lipinski definition) is 2. The Morgan fingerprint density at radius 3 is 2.62 bits per heavy atom. The summed E-state index contributed by atoms with van der Waals surface area (Å²) in [5.41, 5.74) is 1.43. The van der Waals surface area contributed by atoms with Gasteiger partial charge in [-0.15, -0.1) is 0 Å². The van der Waals surface area contributed by atoms with Gasteiger partial charge in [0.15, 0.2) is 0 Å². The van der Waals surface area contributed by atoms with Crippen molar-refractivity contribution in [3.63, 3.8) is 0 Å². The Kier molecular flexibility index (Phi) is 6.34. The molecule has 1 aliphatic rings. The quantitative estimate of drug-likeness (QED) is 0.501. The summed E-state index contributed by atoms with van der Waals surface area (Å²) in [5, 5.41) is 0.730. The first-order valence-electron chi connectivity index (χ1n) is 10.2. The second-order valence-electron chi connectivity index (χ2n) is 7.72. The SMILES string of the molecule is O=S(=O)(CC1CCCO1)Nc1c[nH]c2ccc(CCOc3ccc(C(F)(F)F)cc3)cc12. The molecule has 10 heteroatoms. The minimum absolute atomic E-state index is 0.0830. The van der Waals surface area contributed by atoms with E-state index in [1.54, 1.807) is 6.20 Å². The third-order valence-corrected chi connectivity index (χ3v) is 6.62. The highest BCUT2D eigenvalue weighted by Crippen LogP contribution is 2.30. The standard InChI is InChI=1S/C22H23F3N2O4S/c23-22(24,25)16-4-6-17(7-5-16)31-11-9-15-3-8-20-19(12-15)21(13-26-20)27-32(28,29)14-18-2-1-10-30-18/h3-8,12-13,18,26-27H,1-2,9-11,14H2. The Hall–Kier alpha value is -2.72. The lowest BCUT2D eigenvalue weighted by Gasteiger charge is -2.12. The molecule has 1 aromatic heterocycles. The number of fused-ring (bicyclic) bond motifs is 1. The highest BCUT2D eigenvalue weighted by molar-refractivity contribution is 7.92. The summed E-state index contributed by atoms with van der Waals surface area (Å²) in [4.78, 5) is 3.05. The van der Waals surface area contributed by atoms with Crippen molar-refractivity contribution in [2.24, 2.45) is 0 Å². The molecule has 1 atom stereocenters. The van der Waals surface area contributed by atoms with Gasteiger partial charge in [-0.1, -0.05) is 6.07 Å². The molecule has 0 saturated carbocycles. The Morgan fingerprint density at radius 2 is 1.94 bits per heavy atom. The number of ether oxygens (including phenoxy) is 2. The fraction of sp³-hybridized carbons (Fsp3) is 0.364. The van der Waals surface area contributed by atoms with Crippen LogP contribution in [0.4, 0.5) is 18.9 Å². The normalized spacial score (nSPS) is 17.0. The van der Waals surface area contributed by atoms with Gasteiger partial charge < -0.3 is 14.5 Å². The molecule has 0 spiro atoms. The molecule has 0 aliphatic carbocycles. The molecule has 1 aliphatic heterocycles. The van der Waals surface area contributed by atoms with E-state index in [0.717, 1.165) is 41.4 Å². The number of benzene rings is 2. The third-order valence-electron chi connectivity index (χ3n) is 5.28. The van der Waals surface area contributed by atoms with E-state index in [1.807, 2.05) is 18.2 Å². The second kappa shape index (κ2) is 9.03. The molecule has 4 rings (SSSR count). The fourth-order valence-electron chi connectivity index (χ4n) is 3.66. The Morgan fingerprint density at radius 1 is 1.16 bits per heavy atom. The minimum atomic E-state index is -4.38. The summed E-state index contributed by atoms with van der Waals surface area (Å²) in [5.74, 6) is 0.267. The topological polar surface area (TPSA) is 80.4 Å². The van der Waals surface area contributed by atoms with Crippen molar-refractivity contribution in [2.45, 2.75) is 31.5 Å². The number of rotatable bonds is 8. The summed E-state index contributed by atoms with van der Waals surface area (Å²) >= 11 is 0. The van der Waals surface area contributed by atoms with Crippen LogP contribution in [0.25, 0.3) is 10.9 Å². The van der Waals surface area contributed by atoms with Crippen LogP contribution in [0.3, 0.4) is 0 Å². The maximum Gasteiger partial charge on any atom is 0.416 e. The summed E-state index contributed by atoms with van der Waals surface area (Å²) in [6, 6.07) is 10.1. The van der Waals surface area contributed by atoms with Gasteiger partial charge in [0.1, 0.15) is 5.75 Å². The first-order valence-corrected chi connectivity index (χ1v) is 11.9. The Bertz CT molecular complexity index is 1170. The van der Waals surface area contributed by atoms with E-state index in [9.17, 15) is 21.6 Å². The van der Waals surface area contributed by atoms with Crippen LogP contribution in [0, 0.1) is 0 Å². The molecule has 1 fully saturated rings. The molecule has 1 saturated heterocycles. The lowest BCUT2D eigenvalue weighted by Crippen LogP contribution is -2.25. The number of halogens is 3. The van der Waals surface area contributed by atoms with Crippen LogP contribution in [0.5, 0.6) is 5.75 Å². The largest absolute Gasteiger partial charge is 0.493 e. The number of nitrogens with one attached hydrogen (secondary N) is 2. The van der Waals surface area contributed by atoms with Crippen LogP contribution in [-0.2, 0) is 27.4 Å². The van der Waals surface area contributed by atoms with E-state index >= 15 is 0 Å². The van der Waals surface area contributed by atoms with Crippen LogP contribution >= 0.6 is 0 Å². The van der Waals surface area contributed by atoms with Crippen molar-refractivity contribution in [2.75, 3.05) is 23.7 Å². The summed E-state index contributed by atoms with van der Waals surface area (Å²) in [6.45, 7) is 0.854. The van der Waals surface area contributed by atoms with E-state index in [-0.39, 0.29) is 18.5 Å². The first kappa shape index (κ1) is 22.5. The van der Waals surface area contributed by atoms with Crippen LogP contribution < -0.4 is 9.46 Å². The minimum Gasteiger partial charge on any atom is -0.493 e. The van der Waals surface area contributed by atoms with Crippen molar-refractivity contribution in [3.8, 4) is 5.75 Å². The molecule has 2 heterocycles. The zero-order valence-electron chi connectivity index (χ0n) is 17.1. The van der Waals surface area contributed by atoms with Gasteiger partial charge in [0.05, 0.1) is 29.7 Å². The molecule has 0 radical (unpaired) electrons. The van der Waals surface area contributed by atoms with E-state index in [1.165, 1.54) is 12.1 Å². The van der Waals surface area contributed by atoms with Gasteiger partial charge in [-0.3, -0.25) is 4.72 Å². The number of hydrogen-bond acceptors (Lipinski definition) is 4. The molecule has 32 heavy (non-hydrogen) atoms. The molecule has 3 aromatic rings. The van der Waals surface area contributed by atoms with E-state index in [2.05, 4.69) is 9.71 Å². The first-order chi connectivity index (χ1) is 15.2. The van der Waals surface area contributed by atoms with Crippen LogP contribution in [0.2, 0.25) is 0 Å². The molecular formula is C22H23F3N2O4S.